The Balaban J connectivity index is 2.98. The average molecular weight is 210 g/mol. The molecule has 4 heteroatoms. The van der Waals surface area contributed by atoms with Crippen molar-refractivity contribution in [1.29, 1.82) is 0 Å². The molecule has 1 heterocycles. The fourth-order valence-electron chi connectivity index (χ4n) is 1.46. The Hall–Kier alpha value is -1.29. The van der Waals surface area contributed by atoms with E-state index < -0.39 is 5.82 Å². The van der Waals surface area contributed by atoms with E-state index in [-0.39, 0.29) is 29.7 Å². The first-order valence-corrected chi connectivity index (χ1v) is 4.91. The summed E-state index contributed by atoms with van der Waals surface area (Å²) in [5.74, 6) is -1.05. The van der Waals surface area contributed by atoms with Gasteiger partial charge in [-0.25, -0.2) is 4.39 Å². The lowest BCUT2D eigenvalue weighted by Gasteiger charge is -2.17. The van der Waals surface area contributed by atoms with Gasteiger partial charge in [-0.3, -0.25) is 9.78 Å². The Bertz CT molecular complexity index is 352. The van der Waals surface area contributed by atoms with Gasteiger partial charge in [0, 0.05) is 18.7 Å². The Kier molecular flexibility index (Phi) is 3.91. The molecule has 1 aromatic rings. The first kappa shape index (κ1) is 11.8. The molecule has 2 N–H and O–H groups in total. The Morgan fingerprint density at radius 3 is 2.73 bits per heavy atom. The summed E-state index contributed by atoms with van der Waals surface area (Å²) in [6.45, 7) is 4.03. The zero-order valence-corrected chi connectivity index (χ0v) is 8.90. The molecule has 82 valence electrons. The smallest absolute Gasteiger partial charge is 0.170 e. The van der Waals surface area contributed by atoms with Crippen LogP contribution in [0.15, 0.2) is 18.5 Å². The molecule has 0 aliphatic carbocycles. The van der Waals surface area contributed by atoms with E-state index in [1.807, 2.05) is 13.8 Å². The summed E-state index contributed by atoms with van der Waals surface area (Å²) in [5, 5.41) is 0. The average Bonchev–Trinajstić information content (AvgIpc) is 2.18. The first-order valence-electron chi connectivity index (χ1n) is 4.91. The van der Waals surface area contributed by atoms with Crippen LogP contribution >= 0.6 is 0 Å². The van der Waals surface area contributed by atoms with E-state index in [0.717, 1.165) is 6.20 Å². The maximum atomic E-state index is 13.3. The van der Waals surface area contributed by atoms with Gasteiger partial charge in [-0.2, -0.15) is 0 Å². The summed E-state index contributed by atoms with van der Waals surface area (Å²) < 4.78 is 13.3. The number of aromatic nitrogens is 1. The standard InChI is InChI=1S/C11H15FN2O/c1-7(2)9(5-13)11(15)8-3-4-14-6-10(8)12/h3-4,6-7,9H,5,13H2,1-2H3. The SMILES string of the molecule is CC(C)C(CN)C(=O)c1ccncc1F. The summed E-state index contributed by atoms with van der Waals surface area (Å²) in [4.78, 5) is 15.5. The van der Waals surface area contributed by atoms with Crippen molar-refractivity contribution < 1.29 is 9.18 Å². The van der Waals surface area contributed by atoms with Gasteiger partial charge >= 0.3 is 0 Å². The largest absolute Gasteiger partial charge is 0.330 e. The number of hydrogen-bond donors (Lipinski definition) is 1. The van der Waals surface area contributed by atoms with Crippen molar-refractivity contribution in [2.24, 2.45) is 17.6 Å². The Morgan fingerprint density at radius 2 is 2.27 bits per heavy atom. The number of Topliss-reactive ketones (excluding diaryl/α,β-unsaturated/α-hetero) is 1. The minimum Gasteiger partial charge on any atom is -0.330 e. The third-order valence-corrected chi connectivity index (χ3v) is 2.43. The van der Waals surface area contributed by atoms with Gasteiger partial charge in [-0.05, 0) is 12.0 Å². The van der Waals surface area contributed by atoms with Crippen LogP contribution in [0.25, 0.3) is 0 Å². The topological polar surface area (TPSA) is 56.0 Å². The molecule has 0 amide bonds. The molecular weight excluding hydrogens is 195 g/mol. The number of pyridine rings is 1. The number of ketones is 1. The van der Waals surface area contributed by atoms with Crippen LogP contribution in [0.2, 0.25) is 0 Å². The van der Waals surface area contributed by atoms with Gasteiger partial charge in [-0.1, -0.05) is 13.8 Å². The number of nitrogens with two attached hydrogens (primary N) is 1. The van der Waals surface area contributed by atoms with Crippen molar-refractivity contribution >= 4 is 5.78 Å². The van der Waals surface area contributed by atoms with E-state index in [1.165, 1.54) is 12.3 Å². The second-order valence-electron chi connectivity index (χ2n) is 3.81. The highest BCUT2D eigenvalue weighted by molar-refractivity contribution is 5.98. The zero-order valence-electron chi connectivity index (χ0n) is 8.90. The van der Waals surface area contributed by atoms with E-state index in [2.05, 4.69) is 4.98 Å². The molecule has 15 heavy (non-hydrogen) atoms. The highest BCUT2D eigenvalue weighted by atomic mass is 19.1. The van der Waals surface area contributed by atoms with Crippen LogP contribution in [0.5, 0.6) is 0 Å². The van der Waals surface area contributed by atoms with E-state index in [4.69, 9.17) is 5.73 Å². The maximum absolute atomic E-state index is 13.3. The summed E-state index contributed by atoms with van der Waals surface area (Å²) >= 11 is 0. The van der Waals surface area contributed by atoms with Gasteiger partial charge in [-0.15, -0.1) is 0 Å². The van der Waals surface area contributed by atoms with Crippen LogP contribution < -0.4 is 5.73 Å². The fourth-order valence-corrected chi connectivity index (χ4v) is 1.46. The lowest BCUT2D eigenvalue weighted by atomic mass is 9.88. The fraction of sp³-hybridized carbons (Fsp3) is 0.455. The van der Waals surface area contributed by atoms with Gasteiger partial charge in [0.2, 0.25) is 0 Å². The predicted octanol–water partition coefficient (Wildman–Crippen LogP) is 1.63. The van der Waals surface area contributed by atoms with E-state index in [0.29, 0.717) is 0 Å². The van der Waals surface area contributed by atoms with Crippen LogP contribution in [0.4, 0.5) is 4.39 Å². The third kappa shape index (κ3) is 2.59. The molecule has 3 nitrogen and oxygen atoms in total. The van der Waals surface area contributed by atoms with Crippen LogP contribution in [0, 0.1) is 17.7 Å². The van der Waals surface area contributed by atoms with Crippen LogP contribution in [-0.4, -0.2) is 17.3 Å². The minimum atomic E-state index is -0.582. The van der Waals surface area contributed by atoms with Crippen LogP contribution in [0.3, 0.4) is 0 Å². The molecule has 0 spiro atoms. The molecule has 1 unspecified atom stereocenters. The molecule has 0 fully saturated rings. The molecule has 1 aromatic heterocycles. The highest BCUT2D eigenvalue weighted by Crippen LogP contribution is 2.17. The summed E-state index contributed by atoms with van der Waals surface area (Å²) in [6.07, 6.45) is 2.45. The Labute approximate surface area is 88.5 Å². The quantitative estimate of drug-likeness (QED) is 0.768. The minimum absolute atomic E-state index is 0.0779. The molecule has 1 rings (SSSR count). The first-order chi connectivity index (χ1) is 7.07. The van der Waals surface area contributed by atoms with Crippen molar-refractivity contribution in [1.82, 2.24) is 4.98 Å². The summed E-state index contributed by atoms with van der Waals surface area (Å²) in [5.41, 5.74) is 5.58. The normalized spacial score (nSPS) is 12.9. The molecular formula is C11H15FN2O. The number of hydrogen-bond acceptors (Lipinski definition) is 3. The second kappa shape index (κ2) is 4.98. The molecule has 0 aliphatic rings. The summed E-state index contributed by atoms with van der Waals surface area (Å²) in [7, 11) is 0. The molecule has 0 saturated carbocycles. The third-order valence-electron chi connectivity index (χ3n) is 2.43. The second-order valence-corrected chi connectivity index (χ2v) is 3.81. The van der Waals surface area contributed by atoms with E-state index in [9.17, 15) is 9.18 Å². The van der Waals surface area contributed by atoms with Gasteiger partial charge in [0.15, 0.2) is 11.6 Å². The van der Waals surface area contributed by atoms with Gasteiger partial charge in [0.05, 0.1) is 11.8 Å². The zero-order chi connectivity index (χ0) is 11.4. The number of halogens is 1. The number of rotatable bonds is 4. The van der Waals surface area contributed by atoms with Crippen molar-refractivity contribution in [3.05, 3.63) is 29.8 Å². The lowest BCUT2D eigenvalue weighted by molar-refractivity contribution is 0.0887. The monoisotopic (exact) mass is 210 g/mol. The van der Waals surface area contributed by atoms with Gasteiger partial charge in [0.25, 0.3) is 0 Å². The molecule has 0 bridgehead atoms. The number of carbonyl (C=O) groups excluding carboxylic acids is 1. The van der Waals surface area contributed by atoms with Gasteiger partial charge < -0.3 is 5.73 Å². The Morgan fingerprint density at radius 1 is 1.60 bits per heavy atom. The van der Waals surface area contributed by atoms with Crippen molar-refractivity contribution in [2.45, 2.75) is 13.8 Å². The van der Waals surface area contributed by atoms with Crippen LogP contribution in [-0.2, 0) is 0 Å². The molecule has 0 radical (unpaired) electrons. The number of nitrogens with zero attached hydrogens (tertiary/aromatic N) is 1. The van der Waals surface area contributed by atoms with Crippen molar-refractivity contribution in [2.75, 3.05) is 6.54 Å². The van der Waals surface area contributed by atoms with E-state index >= 15 is 0 Å². The van der Waals surface area contributed by atoms with Crippen molar-refractivity contribution in [3.63, 3.8) is 0 Å². The number of carbonyl (C=O) groups is 1. The molecule has 1 atom stereocenters. The van der Waals surface area contributed by atoms with Gasteiger partial charge in [0.1, 0.15) is 0 Å². The van der Waals surface area contributed by atoms with Crippen LogP contribution in [0.1, 0.15) is 24.2 Å². The molecule has 0 saturated heterocycles. The maximum Gasteiger partial charge on any atom is 0.170 e. The molecule has 0 aliphatic heterocycles. The summed E-state index contributed by atoms with van der Waals surface area (Å²) in [6, 6.07) is 1.39. The highest BCUT2D eigenvalue weighted by Gasteiger charge is 2.24. The predicted molar refractivity (Wildman–Crippen MR) is 55.9 cm³/mol. The van der Waals surface area contributed by atoms with E-state index in [1.54, 1.807) is 0 Å². The molecule has 0 aromatic carbocycles. The van der Waals surface area contributed by atoms with Crippen molar-refractivity contribution in [3.8, 4) is 0 Å². The lowest BCUT2D eigenvalue weighted by Crippen LogP contribution is -2.29.